The monoisotopic (exact) mass is 890 g/mol. The number of ketones is 1. The van der Waals surface area contributed by atoms with Gasteiger partial charge in [-0.3, -0.25) is 23.7 Å². The van der Waals surface area contributed by atoms with E-state index in [1.807, 2.05) is 34.9 Å². The standard InChI is InChI=1S/C46H62N6O8S2/c1-29(2)52-36-20-13-19-34(41-47-35(28-61-41)30-15-11-12-16-30)40(36)48-44(52)59-33-24-37-38(53)26-46(43(56)49-62(57,58)50-21-14-22-50)25-32(46)18-10-8-6-7-9-17-31(42(55)51(37)27-33)23-39(54)60-45(3,4)5/h10,13,18-20,28-33,37H,6-9,11-12,14-17,21-27H2,1-5H3,(H,49,56)/b18-10-/t31-,32-,33-,37+,46-/m1/s1. The summed E-state index contributed by atoms with van der Waals surface area (Å²) in [5.41, 5.74) is 1.69. The fourth-order valence-electron chi connectivity index (χ4n) is 9.84. The number of aromatic nitrogens is 3. The molecule has 2 saturated carbocycles. The van der Waals surface area contributed by atoms with E-state index < -0.39 is 51.2 Å². The Morgan fingerprint density at radius 1 is 1.02 bits per heavy atom. The summed E-state index contributed by atoms with van der Waals surface area (Å²) in [7, 11) is -4.06. The Hall–Kier alpha value is -4.15. The number of Topliss-reactive ketones (excluding diaryl/α,β-unsaturated/α-hetero) is 1. The second-order valence-electron chi connectivity index (χ2n) is 19.4. The van der Waals surface area contributed by atoms with Gasteiger partial charge in [0, 0.05) is 54.8 Å². The highest BCUT2D eigenvalue weighted by molar-refractivity contribution is 7.87. The highest BCUT2D eigenvalue weighted by Gasteiger charge is 2.61. The van der Waals surface area contributed by atoms with Gasteiger partial charge in [0.1, 0.15) is 22.2 Å². The number of hydrogen-bond acceptors (Lipinski definition) is 11. The van der Waals surface area contributed by atoms with Crippen molar-refractivity contribution in [1.29, 1.82) is 0 Å². The average Bonchev–Trinajstić information content (AvgIpc) is 3.77. The molecule has 2 aromatic heterocycles. The molecule has 3 aromatic rings. The Morgan fingerprint density at radius 3 is 2.48 bits per heavy atom. The molecule has 0 radical (unpaired) electrons. The van der Waals surface area contributed by atoms with Crippen molar-refractivity contribution in [2.24, 2.45) is 17.3 Å². The van der Waals surface area contributed by atoms with Crippen molar-refractivity contribution >= 4 is 56.1 Å². The number of allylic oxidation sites excluding steroid dienone is 2. The Labute approximate surface area is 369 Å². The summed E-state index contributed by atoms with van der Waals surface area (Å²) >= 11 is 1.63. The first-order valence-electron chi connectivity index (χ1n) is 22.7. The van der Waals surface area contributed by atoms with Crippen LogP contribution in [0.4, 0.5) is 0 Å². The summed E-state index contributed by atoms with van der Waals surface area (Å²) < 4.78 is 44.3. The van der Waals surface area contributed by atoms with Crippen LogP contribution in [0.1, 0.15) is 142 Å². The summed E-state index contributed by atoms with van der Waals surface area (Å²) in [6, 6.07) is 5.41. The molecule has 0 bridgehead atoms. The summed E-state index contributed by atoms with van der Waals surface area (Å²) in [5, 5.41) is 3.07. The largest absolute Gasteiger partial charge is 0.460 e. The van der Waals surface area contributed by atoms with Crippen LogP contribution in [0, 0.1) is 17.3 Å². The fourth-order valence-corrected chi connectivity index (χ4v) is 12.1. The molecule has 8 rings (SSSR count). The topological polar surface area (TPSA) is 170 Å². The van der Waals surface area contributed by atoms with Gasteiger partial charge in [0.05, 0.1) is 35.6 Å². The van der Waals surface area contributed by atoms with Gasteiger partial charge < -0.3 is 14.4 Å². The molecule has 336 valence electrons. The minimum absolute atomic E-state index is 0.0466. The Kier molecular flexibility index (Phi) is 12.8. The molecule has 4 fully saturated rings. The van der Waals surface area contributed by atoms with E-state index >= 15 is 0 Å². The molecule has 5 heterocycles. The smallest absolute Gasteiger partial charge is 0.307 e. The molecule has 1 aromatic carbocycles. The minimum atomic E-state index is -4.06. The Balaban J connectivity index is 1.11. The maximum atomic E-state index is 14.8. The van der Waals surface area contributed by atoms with Gasteiger partial charge in [0.2, 0.25) is 11.8 Å². The van der Waals surface area contributed by atoms with Crippen LogP contribution in [-0.2, 0) is 34.1 Å². The Morgan fingerprint density at radius 2 is 1.77 bits per heavy atom. The number of thiazole rings is 1. The van der Waals surface area contributed by atoms with Gasteiger partial charge in [-0.2, -0.15) is 17.7 Å². The molecule has 62 heavy (non-hydrogen) atoms. The van der Waals surface area contributed by atoms with Gasteiger partial charge in [-0.1, -0.05) is 43.9 Å². The van der Waals surface area contributed by atoms with Crippen LogP contribution in [0.5, 0.6) is 6.01 Å². The van der Waals surface area contributed by atoms with E-state index in [2.05, 4.69) is 23.9 Å². The van der Waals surface area contributed by atoms with Crippen LogP contribution in [0.2, 0.25) is 0 Å². The van der Waals surface area contributed by atoms with E-state index in [1.165, 1.54) is 17.1 Å². The van der Waals surface area contributed by atoms with Gasteiger partial charge in [-0.05, 0) is 97.6 Å². The van der Waals surface area contributed by atoms with Crippen molar-refractivity contribution in [2.45, 2.75) is 154 Å². The lowest BCUT2D eigenvalue weighted by molar-refractivity contribution is -0.159. The maximum absolute atomic E-state index is 14.8. The lowest BCUT2D eigenvalue weighted by Gasteiger charge is -2.31. The zero-order valence-electron chi connectivity index (χ0n) is 36.8. The summed E-state index contributed by atoms with van der Waals surface area (Å²) in [5.74, 6) is -2.43. The van der Waals surface area contributed by atoms with Crippen molar-refractivity contribution in [2.75, 3.05) is 19.6 Å². The number of benzene rings is 1. The van der Waals surface area contributed by atoms with Crippen molar-refractivity contribution in [3.05, 3.63) is 41.4 Å². The van der Waals surface area contributed by atoms with Gasteiger partial charge >= 0.3 is 16.2 Å². The minimum Gasteiger partial charge on any atom is -0.460 e. The summed E-state index contributed by atoms with van der Waals surface area (Å²) in [6.45, 7) is 10.2. The molecule has 2 aliphatic carbocycles. The predicted octanol–water partition coefficient (Wildman–Crippen LogP) is 7.65. The molecule has 5 atom stereocenters. The lowest BCUT2D eigenvalue weighted by atomic mass is 9.90. The van der Waals surface area contributed by atoms with Gasteiger partial charge in [-0.25, -0.2) is 9.71 Å². The number of imidazole rings is 1. The molecule has 2 amide bonds. The predicted molar refractivity (Wildman–Crippen MR) is 237 cm³/mol. The average molecular weight is 891 g/mol. The zero-order chi connectivity index (χ0) is 44.0. The molecule has 5 aliphatic rings. The molecular weight excluding hydrogens is 829 g/mol. The highest BCUT2D eigenvalue weighted by Crippen LogP contribution is 2.57. The van der Waals surface area contributed by atoms with Crippen LogP contribution < -0.4 is 9.46 Å². The van der Waals surface area contributed by atoms with Gasteiger partial charge in [0.15, 0.2) is 5.78 Å². The van der Waals surface area contributed by atoms with Crippen LogP contribution in [0.25, 0.3) is 21.6 Å². The molecule has 0 unspecified atom stereocenters. The van der Waals surface area contributed by atoms with Gasteiger partial charge in [0.25, 0.3) is 6.01 Å². The quantitative estimate of drug-likeness (QED) is 0.158. The number of carbonyl (C=O) groups excluding carboxylic acids is 4. The molecule has 0 spiro atoms. The number of esters is 1. The van der Waals surface area contributed by atoms with E-state index in [9.17, 15) is 27.6 Å². The number of carbonyl (C=O) groups is 4. The second-order valence-corrected chi connectivity index (χ2v) is 22.0. The normalized spacial score (nSPS) is 27.3. The second kappa shape index (κ2) is 17.8. The summed E-state index contributed by atoms with van der Waals surface area (Å²) in [6.07, 6.45) is 12.4. The van der Waals surface area contributed by atoms with Crippen LogP contribution >= 0.6 is 11.3 Å². The van der Waals surface area contributed by atoms with Crippen LogP contribution in [0.3, 0.4) is 0 Å². The number of amides is 2. The molecule has 2 saturated heterocycles. The highest BCUT2D eigenvalue weighted by atomic mass is 32.2. The van der Waals surface area contributed by atoms with E-state index in [1.54, 1.807) is 37.0 Å². The van der Waals surface area contributed by atoms with Crippen molar-refractivity contribution in [1.82, 2.24) is 28.5 Å². The van der Waals surface area contributed by atoms with E-state index in [0.29, 0.717) is 44.3 Å². The number of ether oxygens (including phenoxy) is 2. The molecule has 16 heteroatoms. The summed E-state index contributed by atoms with van der Waals surface area (Å²) in [4.78, 5) is 68.7. The number of rotatable bonds is 10. The van der Waals surface area contributed by atoms with Crippen molar-refractivity contribution in [3.8, 4) is 16.6 Å². The molecule has 3 aliphatic heterocycles. The van der Waals surface area contributed by atoms with E-state index in [4.69, 9.17) is 19.4 Å². The Bertz CT molecular complexity index is 2320. The molecule has 14 nitrogen and oxygen atoms in total. The molecular formula is C46H62N6O8S2. The third kappa shape index (κ3) is 9.38. The number of para-hydroxylation sites is 1. The number of nitrogens with zero attached hydrogens (tertiary/aromatic N) is 5. The van der Waals surface area contributed by atoms with E-state index in [0.717, 1.165) is 65.8 Å². The van der Waals surface area contributed by atoms with Crippen molar-refractivity contribution in [3.63, 3.8) is 0 Å². The maximum Gasteiger partial charge on any atom is 0.307 e. The third-order valence-corrected chi connectivity index (χ3v) is 15.7. The van der Waals surface area contributed by atoms with Gasteiger partial charge in [-0.15, -0.1) is 11.3 Å². The first-order chi connectivity index (χ1) is 29.5. The number of fused-ring (bicyclic) bond motifs is 3. The molecule has 1 N–H and O–H groups in total. The first kappa shape index (κ1) is 44.5. The van der Waals surface area contributed by atoms with Crippen molar-refractivity contribution < 1.29 is 37.1 Å². The third-order valence-electron chi connectivity index (χ3n) is 13.3. The first-order valence-corrected chi connectivity index (χ1v) is 25.0. The zero-order valence-corrected chi connectivity index (χ0v) is 38.4. The number of hydrogen-bond donors (Lipinski definition) is 1. The van der Waals surface area contributed by atoms with Crippen LogP contribution in [0.15, 0.2) is 35.7 Å². The number of nitrogens with one attached hydrogen (secondary N) is 1. The SMILES string of the molecule is CC(C)n1c(O[C@@H]2C[C@H]3C(=O)C[C@]4(C(=O)NS(=O)(=O)N5CCC5)C[C@H]4/C=C\CCCCC[C@H](CC(=O)OC(C)(C)C)C(=O)N3C2)nc2c(-c3nc(C4CCCC4)cs3)cccc21. The van der Waals surface area contributed by atoms with E-state index in [-0.39, 0.29) is 49.5 Å². The lowest BCUT2D eigenvalue weighted by Crippen LogP contribution is -2.52. The fraction of sp³-hybridized carbons (Fsp3) is 0.652. The van der Waals surface area contributed by atoms with Crippen LogP contribution in [-0.4, -0.2) is 93.1 Å².